The number of terminal acetylenes is 1. The zero-order valence-electron chi connectivity index (χ0n) is 15.9. The van der Waals surface area contributed by atoms with Gasteiger partial charge < -0.3 is 4.74 Å². The van der Waals surface area contributed by atoms with Crippen molar-refractivity contribution in [2.24, 2.45) is 0 Å². The van der Waals surface area contributed by atoms with Crippen LogP contribution in [0, 0.1) is 18.2 Å². The second-order valence-corrected chi connectivity index (χ2v) is 8.50. The largest absolute Gasteiger partial charge is 0.475 e. The van der Waals surface area contributed by atoms with Crippen LogP contribution in [0.4, 0.5) is 15.8 Å². The number of carbonyl (C=O) groups excluding carboxylic acids is 3. The molecular formula is C20H20FN3O4S. The Balaban J connectivity index is 1.73. The van der Waals surface area contributed by atoms with E-state index in [1.165, 1.54) is 11.0 Å². The number of hydrogen-bond donors (Lipinski definition) is 0. The van der Waals surface area contributed by atoms with E-state index in [0.29, 0.717) is 31.5 Å². The van der Waals surface area contributed by atoms with Crippen molar-refractivity contribution in [2.45, 2.75) is 24.5 Å². The molecule has 152 valence electrons. The Kier molecular flexibility index (Phi) is 5.00. The van der Waals surface area contributed by atoms with Gasteiger partial charge in [-0.1, -0.05) is 5.92 Å². The third kappa shape index (κ3) is 3.26. The minimum Gasteiger partial charge on any atom is -0.475 e. The zero-order valence-corrected chi connectivity index (χ0v) is 16.7. The maximum absolute atomic E-state index is 14.9. The van der Waals surface area contributed by atoms with E-state index in [-0.39, 0.29) is 29.6 Å². The van der Waals surface area contributed by atoms with E-state index >= 15 is 0 Å². The standard InChI is InChI=1S/C20H20FN3O4S/c1-3-6-23-15-10-14(13(21)9-17(15)28-20(4-5-20)19(23)27)24(12-25)18(26)16-11-29-8-7-22(16)2/h1,9-10,12,16H,4-8,11H2,2H3. The lowest BCUT2D eigenvalue weighted by atomic mass is 10.1. The van der Waals surface area contributed by atoms with Crippen LogP contribution in [-0.4, -0.2) is 66.4 Å². The lowest BCUT2D eigenvalue weighted by Crippen LogP contribution is -2.51. The van der Waals surface area contributed by atoms with Gasteiger partial charge in [-0.15, -0.1) is 6.42 Å². The molecule has 2 heterocycles. The smallest absolute Gasteiger partial charge is 0.272 e. The van der Waals surface area contributed by atoms with Crippen molar-refractivity contribution in [1.29, 1.82) is 0 Å². The Hall–Kier alpha value is -2.57. The minimum atomic E-state index is -0.972. The number of ether oxygens (including phenoxy) is 1. The molecule has 9 heteroatoms. The Morgan fingerprint density at radius 3 is 2.90 bits per heavy atom. The highest BCUT2D eigenvalue weighted by Gasteiger charge is 2.58. The minimum absolute atomic E-state index is 0.0148. The van der Waals surface area contributed by atoms with Crippen molar-refractivity contribution < 1.29 is 23.5 Å². The molecule has 1 atom stereocenters. The van der Waals surface area contributed by atoms with Crippen molar-refractivity contribution in [2.75, 3.05) is 41.4 Å². The third-order valence-electron chi connectivity index (χ3n) is 5.50. The lowest BCUT2D eigenvalue weighted by Gasteiger charge is -2.35. The molecule has 1 aliphatic carbocycles. The first-order valence-corrected chi connectivity index (χ1v) is 10.4. The van der Waals surface area contributed by atoms with Gasteiger partial charge in [0.1, 0.15) is 5.75 Å². The maximum atomic E-state index is 14.9. The predicted octanol–water partition coefficient (Wildman–Crippen LogP) is 1.25. The number of carbonyl (C=O) groups is 3. The number of halogens is 1. The summed E-state index contributed by atoms with van der Waals surface area (Å²) in [6, 6.07) is 1.87. The molecule has 1 aromatic rings. The number of imide groups is 1. The Labute approximate surface area is 172 Å². The number of fused-ring (bicyclic) bond motifs is 1. The van der Waals surface area contributed by atoms with E-state index in [0.717, 1.165) is 16.7 Å². The van der Waals surface area contributed by atoms with Gasteiger partial charge in [-0.05, 0) is 13.1 Å². The van der Waals surface area contributed by atoms with Crippen molar-refractivity contribution in [3.05, 3.63) is 17.9 Å². The van der Waals surface area contributed by atoms with E-state index < -0.39 is 23.4 Å². The van der Waals surface area contributed by atoms with Crippen LogP contribution < -0.4 is 14.5 Å². The quantitative estimate of drug-likeness (QED) is 0.543. The summed E-state index contributed by atoms with van der Waals surface area (Å²) < 4.78 is 20.7. The number of anilines is 2. The van der Waals surface area contributed by atoms with Gasteiger partial charge in [0.25, 0.3) is 11.8 Å². The van der Waals surface area contributed by atoms with Gasteiger partial charge in [0.05, 0.1) is 24.0 Å². The molecular weight excluding hydrogens is 397 g/mol. The number of hydrogen-bond acceptors (Lipinski definition) is 6. The maximum Gasteiger partial charge on any atom is 0.272 e. The topological polar surface area (TPSA) is 70.2 Å². The van der Waals surface area contributed by atoms with Crippen LogP contribution in [0.1, 0.15) is 12.8 Å². The van der Waals surface area contributed by atoms with Crippen LogP contribution in [0.2, 0.25) is 0 Å². The van der Waals surface area contributed by atoms with Crippen LogP contribution in [0.3, 0.4) is 0 Å². The van der Waals surface area contributed by atoms with Crippen LogP contribution in [0.15, 0.2) is 12.1 Å². The molecule has 0 bridgehead atoms. The van der Waals surface area contributed by atoms with Crippen molar-refractivity contribution in [1.82, 2.24) is 4.90 Å². The van der Waals surface area contributed by atoms with Gasteiger partial charge in [0, 0.05) is 37.0 Å². The average Bonchev–Trinajstić information content (AvgIpc) is 3.47. The predicted molar refractivity (Wildman–Crippen MR) is 107 cm³/mol. The number of amides is 3. The van der Waals surface area contributed by atoms with Crippen LogP contribution >= 0.6 is 11.8 Å². The molecule has 4 rings (SSSR count). The summed E-state index contributed by atoms with van der Waals surface area (Å²) in [5.74, 6) is 2.43. The summed E-state index contributed by atoms with van der Waals surface area (Å²) in [6.07, 6.45) is 6.80. The van der Waals surface area contributed by atoms with E-state index in [1.54, 1.807) is 18.8 Å². The molecule has 1 saturated heterocycles. The summed E-state index contributed by atoms with van der Waals surface area (Å²) in [6.45, 7) is 0.680. The molecule has 1 spiro atoms. The molecule has 1 aromatic carbocycles. The summed E-state index contributed by atoms with van der Waals surface area (Å²) in [5, 5.41) is 0. The first kappa shape index (κ1) is 19.7. The molecule has 3 aliphatic rings. The highest BCUT2D eigenvalue weighted by atomic mass is 32.2. The van der Waals surface area contributed by atoms with Gasteiger partial charge in [-0.2, -0.15) is 11.8 Å². The van der Waals surface area contributed by atoms with Crippen molar-refractivity contribution in [3.63, 3.8) is 0 Å². The molecule has 0 radical (unpaired) electrons. The van der Waals surface area contributed by atoms with Crippen LogP contribution in [-0.2, 0) is 14.4 Å². The van der Waals surface area contributed by atoms with Gasteiger partial charge >= 0.3 is 0 Å². The Morgan fingerprint density at radius 2 is 2.28 bits per heavy atom. The second kappa shape index (κ2) is 7.35. The molecule has 29 heavy (non-hydrogen) atoms. The highest BCUT2D eigenvalue weighted by molar-refractivity contribution is 7.99. The van der Waals surface area contributed by atoms with E-state index in [1.807, 2.05) is 4.90 Å². The number of nitrogens with zero attached hydrogens (tertiary/aromatic N) is 3. The van der Waals surface area contributed by atoms with Gasteiger partial charge in [0.15, 0.2) is 11.4 Å². The molecule has 1 unspecified atom stereocenters. The highest BCUT2D eigenvalue weighted by Crippen LogP contribution is 2.50. The third-order valence-corrected chi connectivity index (χ3v) is 6.52. The second-order valence-electron chi connectivity index (χ2n) is 7.35. The van der Waals surface area contributed by atoms with Gasteiger partial charge in [-0.3, -0.25) is 24.2 Å². The SMILES string of the molecule is C#CCN1C(=O)C2(CC2)Oc2cc(F)c(N(C=O)C(=O)C3CSCCN3C)cc21. The normalized spacial score (nSPS) is 22.4. The fourth-order valence-electron chi connectivity index (χ4n) is 3.63. The monoisotopic (exact) mass is 417 g/mol. The van der Waals surface area contributed by atoms with E-state index in [2.05, 4.69) is 5.92 Å². The molecule has 7 nitrogen and oxygen atoms in total. The fourth-order valence-corrected chi connectivity index (χ4v) is 4.84. The molecule has 0 N–H and O–H groups in total. The number of thioether (sulfide) groups is 1. The van der Waals surface area contributed by atoms with Gasteiger partial charge in [-0.25, -0.2) is 9.29 Å². The fraction of sp³-hybridized carbons (Fsp3) is 0.450. The molecule has 2 fully saturated rings. The lowest BCUT2D eigenvalue weighted by molar-refractivity contribution is -0.128. The summed E-state index contributed by atoms with van der Waals surface area (Å²) in [7, 11) is 1.80. The molecule has 0 aromatic heterocycles. The average molecular weight is 417 g/mol. The zero-order chi connectivity index (χ0) is 20.8. The summed E-state index contributed by atoms with van der Waals surface area (Å²) in [5.41, 5.74) is -0.939. The molecule has 2 aliphatic heterocycles. The number of rotatable bonds is 4. The van der Waals surface area contributed by atoms with Crippen LogP contribution in [0.25, 0.3) is 0 Å². The number of benzene rings is 1. The van der Waals surface area contributed by atoms with Crippen LogP contribution in [0.5, 0.6) is 5.75 Å². The Bertz CT molecular complexity index is 927. The van der Waals surface area contributed by atoms with Crippen molar-refractivity contribution >= 4 is 41.4 Å². The van der Waals surface area contributed by atoms with Crippen molar-refractivity contribution in [3.8, 4) is 18.1 Å². The van der Waals surface area contributed by atoms with E-state index in [9.17, 15) is 18.8 Å². The first-order valence-electron chi connectivity index (χ1n) is 9.26. The molecule has 3 amide bonds. The Morgan fingerprint density at radius 1 is 1.52 bits per heavy atom. The number of likely N-dealkylation sites (N-methyl/N-ethyl adjacent to an activating group) is 1. The summed E-state index contributed by atoms with van der Waals surface area (Å²) >= 11 is 1.61. The molecule has 1 saturated carbocycles. The van der Waals surface area contributed by atoms with Gasteiger partial charge in [0.2, 0.25) is 6.41 Å². The first-order chi connectivity index (χ1) is 13.9. The van der Waals surface area contributed by atoms with E-state index in [4.69, 9.17) is 11.2 Å². The summed E-state index contributed by atoms with van der Waals surface area (Å²) in [4.78, 5) is 41.5.